The molecule has 0 radical (unpaired) electrons. The highest BCUT2D eigenvalue weighted by molar-refractivity contribution is 8.00. The molecule has 8 heteroatoms. The van der Waals surface area contributed by atoms with Crippen molar-refractivity contribution in [2.45, 2.75) is 6.04 Å². The van der Waals surface area contributed by atoms with Gasteiger partial charge in [-0.05, 0) is 0 Å². The average molecular weight is 237 g/mol. The molecule has 0 saturated carbocycles. The van der Waals surface area contributed by atoms with Crippen LogP contribution in [0.5, 0.6) is 0 Å². The number of carboxylic acid groups (broad SMARTS) is 3. The number of carboxylic acids is 3. The van der Waals surface area contributed by atoms with Crippen molar-refractivity contribution in [2.75, 3.05) is 18.1 Å². The molecule has 0 spiro atoms. The monoisotopic (exact) mass is 237 g/mol. The SMILES string of the molecule is O=C(O)CN[C@@H](CSCC(=O)O)C(=O)O. The molecular weight excluding hydrogens is 226 g/mol. The third-order valence-electron chi connectivity index (χ3n) is 1.31. The van der Waals surface area contributed by atoms with Gasteiger partial charge in [-0.25, -0.2) is 0 Å². The third kappa shape index (κ3) is 7.77. The van der Waals surface area contributed by atoms with E-state index in [1.54, 1.807) is 0 Å². The van der Waals surface area contributed by atoms with Crippen LogP contribution in [-0.4, -0.2) is 57.3 Å². The molecule has 0 aliphatic heterocycles. The van der Waals surface area contributed by atoms with Gasteiger partial charge in [0.25, 0.3) is 0 Å². The maximum absolute atomic E-state index is 10.6. The lowest BCUT2D eigenvalue weighted by molar-refractivity contribution is -0.140. The van der Waals surface area contributed by atoms with E-state index in [-0.39, 0.29) is 11.5 Å². The highest BCUT2D eigenvalue weighted by atomic mass is 32.2. The number of carbonyl (C=O) groups is 3. The molecular formula is C7H11NO6S. The van der Waals surface area contributed by atoms with E-state index in [9.17, 15) is 14.4 Å². The van der Waals surface area contributed by atoms with Gasteiger partial charge in [-0.15, -0.1) is 11.8 Å². The van der Waals surface area contributed by atoms with E-state index in [1.807, 2.05) is 0 Å². The Morgan fingerprint density at radius 2 is 1.73 bits per heavy atom. The molecule has 0 fully saturated rings. The fourth-order valence-corrected chi connectivity index (χ4v) is 1.48. The molecule has 0 unspecified atom stereocenters. The third-order valence-corrected chi connectivity index (χ3v) is 2.33. The number of thioether (sulfide) groups is 1. The van der Waals surface area contributed by atoms with Crippen LogP contribution in [0.3, 0.4) is 0 Å². The van der Waals surface area contributed by atoms with Crippen LogP contribution in [0, 0.1) is 0 Å². The van der Waals surface area contributed by atoms with Crippen molar-refractivity contribution < 1.29 is 29.7 Å². The van der Waals surface area contributed by atoms with Crippen molar-refractivity contribution in [1.82, 2.24) is 5.32 Å². The van der Waals surface area contributed by atoms with E-state index in [0.29, 0.717) is 0 Å². The predicted octanol–water partition coefficient (Wildman–Crippen LogP) is -1.07. The van der Waals surface area contributed by atoms with Crippen LogP contribution in [0.4, 0.5) is 0 Å². The van der Waals surface area contributed by atoms with Gasteiger partial charge in [0, 0.05) is 5.75 Å². The number of aliphatic carboxylic acids is 3. The number of hydrogen-bond donors (Lipinski definition) is 4. The van der Waals surface area contributed by atoms with Crippen LogP contribution in [0.25, 0.3) is 0 Å². The summed E-state index contributed by atoms with van der Waals surface area (Å²) in [6, 6.07) is -1.05. The van der Waals surface area contributed by atoms with Crippen molar-refractivity contribution in [3.63, 3.8) is 0 Å². The molecule has 0 heterocycles. The van der Waals surface area contributed by atoms with Crippen molar-refractivity contribution in [3.8, 4) is 0 Å². The summed E-state index contributed by atoms with van der Waals surface area (Å²) in [4.78, 5) is 30.9. The van der Waals surface area contributed by atoms with Crippen molar-refractivity contribution in [1.29, 1.82) is 0 Å². The first-order chi connectivity index (χ1) is 6.93. The highest BCUT2D eigenvalue weighted by Gasteiger charge is 2.18. The maximum Gasteiger partial charge on any atom is 0.321 e. The second kappa shape index (κ2) is 7.07. The predicted molar refractivity (Wildman–Crippen MR) is 52.0 cm³/mol. The standard InChI is InChI=1S/C7H11NO6S/c9-5(10)1-8-4(7(13)14)2-15-3-6(11)12/h4,8H,1-3H2,(H,9,10)(H,11,12)(H,13,14)/t4-/m0/s1. The Balaban J connectivity index is 3.88. The minimum atomic E-state index is -1.20. The van der Waals surface area contributed by atoms with Crippen LogP contribution in [0.15, 0.2) is 0 Å². The Hall–Kier alpha value is -1.28. The van der Waals surface area contributed by atoms with Gasteiger partial charge in [-0.1, -0.05) is 0 Å². The van der Waals surface area contributed by atoms with Crippen LogP contribution < -0.4 is 5.32 Å². The highest BCUT2D eigenvalue weighted by Crippen LogP contribution is 2.02. The van der Waals surface area contributed by atoms with E-state index in [0.717, 1.165) is 11.8 Å². The molecule has 7 nitrogen and oxygen atoms in total. The van der Waals surface area contributed by atoms with Gasteiger partial charge in [-0.3, -0.25) is 19.7 Å². The summed E-state index contributed by atoms with van der Waals surface area (Å²) in [7, 11) is 0. The Morgan fingerprint density at radius 3 is 2.13 bits per heavy atom. The normalized spacial score (nSPS) is 12.0. The minimum absolute atomic E-state index is 0.00884. The first-order valence-corrected chi connectivity index (χ1v) is 5.06. The molecule has 1 atom stereocenters. The fourth-order valence-electron chi connectivity index (χ4n) is 0.692. The van der Waals surface area contributed by atoms with Crippen LogP contribution in [0.2, 0.25) is 0 Å². The van der Waals surface area contributed by atoms with E-state index >= 15 is 0 Å². The van der Waals surface area contributed by atoms with Crippen molar-refractivity contribution in [2.24, 2.45) is 0 Å². The summed E-state index contributed by atoms with van der Waals surface area (Å²) in [5, 5.41) is 27.5. The van der Waals surface area contributed by atoms with Gasteiger partial charge in [0.05, 0.1) is 12.3 Å². The lowest BCUT2D eigenvalue weighted by atomic mass is 10.3. The second-order valence-electron chi connectivity index (χ2n) is 2.57. The molecule has 0 saturated heterocycles. The zero-order valence-electron chi connectivity index (χ0n) is 7.67. The fraction of sp³-hybridized carbons (Fsp3) is 0.571. The minimum Gasteiger partial charge on any atom is -0.481 e. The lowest BCUT2D eigenvalue weighted by Crippen LogP contribution is -2.41. The summed E-state index contributed by atoms with van der Waals surface area (Å²) < 4.78 is 0. The van der Waals surface area contributed by atoms with Crippen LogP contribution in [-0.2, 0) is 14.4 Å². The lowest BCUT2D eigenvalue weighted by Gasteiger charge is -2.11. The number of rotatable bonds is 8. The largest absolute Gasteiger partial charge is 0.481 e. The van der Waals surface area contributed by atoms with Gasteiger partial charge < -0.3 is 15.3 Å². The molecule has 0 aromatic heterocycles. The topological polar surface area (TPSA) is 124 Å². The summed E-state index contributed by atoms with van der Waals surface area (Å²) in [5.74, 6) is -3.60. The molecule has 0 aromatic rings. The van der Waals surface area contributed by atoms with Crippen LogP contribution in [0.1, 0.15) is 0 Å². The molecule has 0 amide bonds. The Labute approximate surface area is 89.5 Å². The maximum atomic E-state index is 10.6. The van der Waals surface area contributed by atoms with Gasteiger partial charge in [-0.2, -0.15) is 0 Å². The molecule has 86 valence electrons. The van der Waals surface area contributed by atoms with E-state index in [2.05, 4.69) is 5.32 Å². The zero-order valence-corrected chi connectivity index (χ0v) is 8.49. The van der Waals surface area contributed by atoms with Crippen molar-refractivity contribution >= 4 is 29.7 Å². The Morgan fingerprint density at radius 1 is 1.13 bits per heavy atom. The summed E-state index contributed by atoms with van der Waals surface area (Å²) in [6.45, 7) is -0.468. The van der Waals surface area contributed by atoms with Gasteiger partial charge >= 0.3 is 17.9 Å². The number of hydrogen-bond acceptors (Lipinski definition) is 5. The van der Waals surface area contributed by atoms with Gasteiger partial charge in [0.1, 0.15) is 6.04 Å². The summed E-state index contributed by atoms with van der Waals surface area (Å²) >= 11 is 0.914. The molecule has 15 heavy (non-hydrogen) atoms. The smallest absolute Gasteiger partial charge is 0.321 e. The zero-order chi connectivity index (χ0) is 11.8. The molecule has 0 aromatic carbocycles. The van der Waals surface area contributed by atoms with Gasteiger partial charge in [0.2, 0.25) is 0 Å². The molecule has 0 aliphatic carbocycles. The Kier molecular flexibility index (Phi) is 6.47. The molecule has 0 rings (SSSR count). The van der Waals surface area contributed by atoms with Gasteiger partial charge in [0.15, 0.2) is 0 Å². The van der Waals surface area contributed by atoms with E-state index in [4.69, 9.17) is 15.3 Å². The number of nitrogens with one attached hydrogen (secondary N) is 1. The molecule has 0 aliphatic rings. The first-order valence-electron chi connectivity index (χ1n) is 3.91. The first kappa shape index (κ1) is 13.7. The molecule has 0 bridgehead atoms. The van der Waals surface area contributed by atoms with E-state index < -0.39 is 30.5 Å². The van der Waals surface area contributed by atoms with Crippen molar-refractivity contribution in [3.05, 3.63) is 0 Å². The quantitative estimate of drug-likeness (QED) is 0.421. The Bertz CT molecular complexity index is 256. The second-order valence-corrected chi connectivity index (χ2v) is 3.60. The van der Waals surface area contributed by atoms with Crippen LogP contribution >= 0.6 is 11.8 Å². The summed E-state index contributed by atoms with van der Waals surface area (Å²) in [6.07, 6.45) is 0. The average Bonchev–Trinajstić information content (AvgIpc) is 2.09. The van der Waals surface area contributed by atoms with E-state index in [1.165, 1.54) is 0 Å². The molecule has 4 N–H and O–H groups in total. The summed E-state index contributed by atoms with van der Waals surface area (Å²) in [5.41, 5.74) is 0.